The van der Waals surface area contributed by atoms with Gasteiger partial charge >= 0.3 is 5.97 Å². The predicted octanol–water partition coefficient (Wildman–Crippen LogP) is 1.61. The SMILES string of the molecule is CC(C)C(N)(C(=O)O)C1CCCC1. The van der Waals surface area contributed by atoms with E-state index in [9.17, 15) is 4.79 Å². The van der Waals surface area contributed by atoms with Crippen molar-refractivity contribution in [1.82, 2.24) is 0 Å². The average Bonchev–Trinajstić information content (AvgIpc) is 2.54. The molecule has 1 atom stereocenters. The van der Waals surface area contributed by atoms with Gasteiger partial charge in [0, 0.05) is 0 Å². The summed E-state index contributed by atoms with van der Waals surface area (Å²) >= 11 is 0. The van der Waals surface area contributed by atoms with Crippen molar-refractivity contribution in [3.63, 3.8) is 0 Å². The minimum Gasteiger partial charge on any atom is -0.480 e. The van der Waals surface area contributed by atoms with Gasteiger partial charge in [0.25, 0.3) is 0 Å². The smallest absolute Gasteiger partial charge is 0.324 e. The van der Waals surface area contributed by atoms with Gasteiger partial charge in [-0.05, 0) is 24.7 Å². The number of hydrogen-bond acceptors (Lipinski definition) is 2. The van der Waals surface area contributed by atoms with E-state index in [-0.39, 0.29) is 11.8 Å². The van der Waals surface area contributed by atoms with E-state index in [1.54, 1.807) is 0 Å². The fourth-order valence-corrected chi connectivity index (χ4v) is 2.30. The normalized spacial score (nSPS) is 23.4. The monoisotopic (exact) mass is 185 g/mol. The third kappa shape index (κ3) is 1.70. The molecule has 1 aliphatic carbocycles. The van der Waals surface area contributed by atoms with Gasteiger partial charge in [-0.3, -0.25) is 4.79 Å². The molecule has 0 amide bonds. The summed E-state index contributed by atoms with van der Waals surface area (Å²) in [5.41, 5.74) is 4.99. The Balaban J connectivity index is 2.82. The first-order chi connectivity index (χ1) is 5.99. The van der Waals surface area contributed by atoms with E-state index < -0.39 is 11.5 Å². The lowest BCUT2D eigenvalue weighted by atomic mass is 9.75. The Bertz CT molecular complexity index is 197. The third-order valence-corrected chi connectivity index (χ3v) is 3.36. The summed E-state index contributed by atoms with van der Waals surface area (Å²) < 4.78 is 0. The Labute approximate surface area is 79.3 Å². The van der Waals surface area contributed by atoms with Gasteiger partial charge in [0.2, 0.25) is 0 Å². The zero-order chi connectivity index (χ0) is 10.1. The van der Waals surface area contributed by atoms with Crippen LogP contribution in [0, 0.1) is 11.8 Å². The number of rotatable bonds is 3. The van der Waals surface area contributed by atoms with Crippen LogP contribution < -0.4 is 5.73 Å². The Hall–Kier alpha value is -0.570. The minimum atomic E-state index is -1.00. The van der Waals surface area contributed by atoms with Gasteiger partial charge in [0.1, 0.15) is 5.54 Å². The molecule has 0 spiro atoms. The lowest BCUT2D eigenvalue weighted by Crippen LogP contribution is -2.57. The van der Waals surface area contributed by atoms with Gasteiger partial charge in [0.15, 0.2) is 0 Å². The summed E-state index contributed by atoms with van der Waals surface area (Å²) in [6.07, 6.45) is 4.20. The van der Waals surface area contributed by atoms with E-state index in [0.29, 0.717) is 0 Å². The summed E-state index contributed by atoms with van der Waals surface area (Å²) in [6, 6.07) is 0. The summed E-state index contributed by atoms with van der Waals surface area (Å²) in [6.45, 7) is 3.79. The predicted molar refractivity (Wildman–Crippen MR) is 51.4 cm³/mol. The largest absolute Gasteiger partial charge is 0.480 e. The maximum Gasteiger partial charge on any atom is 0.324 e. The molecule has 0 aromatic rings. The molecule has 0 radical (unpaired) electrons. The van der Waals surface area contributed by atoms with Crippen LogP contribution >= 0.6 is 0 Å². The molecular weight excluding hydrogens is 166 g/mol. The van der Waals surface area contributed by atoms with E-state index in [1.807, 2.05) is 13.8 Å². The van der Waals surface area contributed by atoms with Crippen molar-refractivity contribution < 1.29 is 9.90 Å². The molecule has 0 saturated heterocycles. The fraction of sp³-hybridized carbons (Fsp3) is 0.900. The van der Waals surface area contributed by atoms with Gasteiger partial charge in [0.05, 0.1) is 0 Å². The van der Waals surface area contributed by atoms with Crippen molar-refractivity contribution in [2.24, 2.45) is 17.6 Å². The van der Waals surface area contributed by atoms with Crippen molar-refractivity contribution in [2.45, 2.75) is 45.1 Å². The van der Waals surface area contributed by atoms with Gasteiger partial charge in [-0.25, -0.2) is 0 Å². The molecule has 1 aliphatic rings. The van der Waals surface area contributed by atoms with E-state index in [0.717, 1.165) is 25.7 Å². The number of hydrogen-bond donors (Lipinski definition) is 2. The highest BCUT2D eigenvalue weighted by atomic mass is 16.4. The molecule has 13 heavy (non-hydrogen) atoms. The highest BCUT2D eigenvalue weighted by molar-refractivity contribution is 5.79. The van der Waals surface area contributed by atoms with E-state index in [2.05, 4.69) is 0 Å². The second-order valence-corrected chi connectivity index (χ2v) is 4.37. The van der Waals surface area contributed by atoms with Crippen LogP contribution in [0.15, 0.2) is 0 Å². The molecule has 1 rings (SSSR count). The van der Waals surface area contributed by atoms with Crippen LogP contribution in [0.1, 0.15) is 39.5 Å². The number of aliphatic carboxylic acids is 1. The lowest BCUT2D eigenvalue weighted by Gasteiger charge is -2.34. The van der Waals surface area contributed by atoms with Crippen LogP contribution in [-0.4, -0.2) is 16.6 Å². The van der Waals surface area contributed by atoms with Gasteiger partial charge in [-0.1, -0.05) is 26.7 Å². The van der Waals surface area contributed by atoms with Crippen molar-refractivity contribution >= 4 is 5.97 Å². The van der Waals surface area contributed by atoms with Crippen LogP contribution in [-0.2, 0) is 4.79 Å². The third-order valence-electron chi connectivity index (χ3n) is 3.36. The summed E-state index contributed by atoms with van der Waals surface area (Å²) in [5.74, 6) is -0.660. The second kappa shape index (κ2) is 3.66. The number of nitrogens with two attached hydrogens (primary N) is 1. The first-order valence-corrected chi connectivity index (χ1v) is 5.01. The lowest BCUT2D eigenvalue weighted by molar-refractivity contribution is -0.147. The van der Waals surface area contributed by atoms with Crippen LogP contribution in [0.25, 0.3) is 0 Å². The molecule has 0 aromatic heterocycles. The Morgan fingerprint density at radius 2 is 1.92 bits per heavy atom. The average molecular weight is 185 g/mol. The molecule has 76 valence electrons. The first kappa shape index (κ1) is 10.5. The highest BCUT2D eigenvalue weighted by Gasteiger charge is 2.45. The molecular formula is C10H19NO2. The highest BCUT2D eigenvalue weighted by Crippen LogP contribution is 2.36. The number of carbonyl (C=O) groups is 1. The Morgan fingerprint density at radius 1 is 1.46 bits per heavy atom. The molecule has 3 nitrogen and oxygen atoms in total. The summed E-state index contributed by atoms with van der Waals surface area (Å²) in [4.78, 5) is 11.1. The molecule has 3 heteroatoms. The van der Waals surface area contributed by atoms with Crippen molar-refractivity contribution in [2.75, 3.05) is 0 Å². The topological polar surface area (TPSA) is 63.3 Å². The minimum absolute atomic E-state index is 0.00750. The summed E-state index contributed by atoms with van der Waals surface area (Å²) in [7, 11) is 0. The Kier molecular flexibility index (Phi) is 2.96. The molecule has 0 aromatic carbocycles. The molecule has 0 heterocycles. The Morgan fingerprint density at radius 3 is 2.23 bits per heavy atom. The van der Waals surface area contributed by atoms with Gasteiger partial charge in [-0.15, -0.1) is 0 Å². The van der Waals surface area contributed by atoms with Crippen molar-refractivity contribution in [1.29, 1.82) is 0 Å². The van der Waals surface area contributed by atoms with Crippen molar-refractivity contribution in [3.05, 3.63) is 0 Å². The van der Waals surface area contributed by atoms with Crippen LogP contribution in [0.2, 0.25) is 0 Å². The number of carboxylic acids is 1. The van der Waals surface area contributed by atoms with Crippen molar-refractivity contribution in [3.8, 4) is 0 Å². The summed E-state index contributed by atoms with van der Waals surface area (Å²) in [5, 5.41) is 9.14. The quantitative estimate of drug-likeness (QED) is 0.702. The van der Waals surface area contributed by atoms with E-state index in [4.69, 9.17) is 10.8 Å². The van der Waals surface area contributed by atoms with Gasteiger partial charge in [-0.2, -0.15) is 0 Å². The molecule has 3 N–H and O–H groups in total. The molecule has 1 fully saturated rings. The zero-order valence-corrected chi connectivity index (χ0v) is 8.42. The maximum absolute atomic E-state index is 11.1. The molecule has 0 aliphatic heterocycles. The molecule has 0 bridgehead atoms. The van der Waals surface area contributed by atoms with Gasteiger partial charge < -0.3 is 10.8 Å². The van der Waals surface area contributed by atoms with E-state index in [1.165, 1.54) is 0 Å². The molecule has 1 unspecified atom stereocenters. The standard InChI is InChI=1S/C10H19NO2/c1-7(2)10(11,9(12)13)8-5-3-4-6-8/h7-8H,3-6,11H2,1-2H3,(H,12,13). The maximum atomic E-state index is 11.1. The van der Waals surface area contributed by atoms with Crippen LogP contribution in [0.5, 0.6) is 0 Å². The zero-order valence-electron chi connectivity index (χ0n) is 8.42. The fourth-order valence-electron chi connectivity index (χ4n) is 2.30. The molecule has 1 saturated carbocycles. The van der Waals surface area contributed by atoms with Crippen LogP contribution in [0.4, 0.5) is 0 Å². The first-order valence-electron chi connectivity index (χ1n) is 5.01. The number of carboxylic acid groups (broad SMARTS) is 1. The van der Waals surface area contributed by atoms with Crippen LogP contribution in [0.3, 0.4) is 0 Å². The van der Waals surface area contributed by atoms with E-state index >= 15 is 0 Å². The second-order valence-electron chi connectivity index (χ2n) is 4.37.